The predicted molar refractivity (Wildman–Crippen MR) is 121 cm³/mol. The van der Waals surface area contributed by atoms with E-state index in [1.165, 1.54) is 18.2 Å². The van der Waals surface area contributed by atoms with Gasteiger partial charge in [0.2, 0.25) is 0 Å². The minimum absolute atomic E-state index is 0.0579. The maximum absolute atomic E-state index is 13.3. The van der Waals surface area contributed by atoms with Crippen LogP contribution in [0.25, 0.3) is 0 Å². The lowest BCUT2D eigenvalue weighted by molar-refractivity contribution is -0.384. The number of non-ortho nitro benzene ring substituents is 1. The molecule has 0 bridgehead atoms. The quantitative estimate of drug-likeness (QED) is 0.298. The van der Waals surface area contributed by atoms with Crippen molar-refractivity contribution in [3.8, 4) is 11.5 Å². The summed E-state index contributed by atoms with van der Waals surface area (Å²) in [5, 5.41) is 11.0. The predicted octanol–water partition coefficient (Wildman–Crippen LogP) is 6.48. The normalized spacial score (nSPS) is 11.6. The highest BCUT2D eigenvalue weighted by molar-refractivity contribution is 6.34. The van der Waals surface area contributed by atoms with Crippen LogP contribution in [-0.2, 0) is 6.54 Å². The molecule has 1 amide bonds. The van der Waals surface area contributed by atoms with Crippen LogP contribution in [0.3, 0.4) is 0 Å². The summed E-state index contributed by atoms with van der Waals surface area (Å²) >= 11 is 6.21. The molecule has 0 saturated heterocycles. The molecule has 0 radical (unpaired) electrons. The fourth-order valence-electron chi connectivity index (χ4n) is 3.12. The Hall–Kier alpha value is -3.38. The van der Waals surface area contributed by atoms with Crippen LogP contribution in [0.1, 0.15) is 36.2 Å². The number of carbonyl (C=O) groups is 1. The van der Waals surface area contributed by atoms with Gasteiger partial charge in [0, 0.05) is 24.7 Å². The largest absolute Gasteiger partial charge is 0.457 e. The van der Waals surface area contributed by atoms with Gasteiger partial charge in [-0.05, 0) is 49.2 Å². The van der Waals surface area contributed by atoms with Crippen molar-refractivity contribution in [2.75, 3.05) is 0 Å². The standard InChI is InChI=1S/C24H23ClN2O4/c1-3-17(2)26(24(28)22-13-12-19(27(29)30)15-23(22)25)16-18-8-7-11-21(14-18)31-20-9-5-4-6-10-20/h4-15,17H,3,16H2,1-2H3. The fraction of sp³-hybridized carbons (Fsp3) is 0.208. The molecule has 1 unspecified atom stereocenters. The summed E-state index contributed by atoms with van der Waals surface area (Å²) < 4.78 is 5.90. The van der Waals surface area contributed by atoms with Gasteiger partial charge >= 0.3 is 0 Å². The molecule has 6 nitrogen and oxygen atoms in total. The molecule has 0 aliphatic rings. The average Bonchev–Trinajstić information content (AvgIpc) is 2.77. The maximum atomic E-state index is 13.3. The SMILES string of the molecule is CCC(C)N(Cc1cccc(Oc2ccccc2)c1)C(=O)c1ccc([N+](=O)[O-])cc1Cl. The van der Waals surface area contributed by atoms with E-state index in [0.717, 1.165) is 17.7 Å². The molecule has 0 fully saturated rings. The zero-order chi connectivity index (χ0) is 22.4. The summed E-state index contributed by atoms with van der Waals surface area (Å²) in [4.78, 5) is 25.4. The molecule has 0 aliphatic carbocycles. The third-order valence-corrected chi connectivity index (χ3v) is 5.32. The van der Waals surface area contributed by atoms with Gasteiger partial charge in [0.15, 0.2) is 0 Å². The Morgan fingerprint density at radius 3 is 2.42 bits per heavy atom. The average molecular weight is 439 g/mol. The van der Waals surface area contributed by atoms with Crippen LogP contribution in [0.2, 0.25) is 5.02 Å². The third kappa shape index (κ3) is 5.61. The van der Waals surface area contributed by atoms with Gasteiger partial charge in [0.05, 0.1) is 15.5 Å². The Balaban J connectivity index is 1.84. The summed E-state index contributed by atoms with van der Waals surface area (Å²) in [7, 11) is 0. The van der Waals surface area contributed by atoms with Gasteiger partial charge in [-0.25, -0.2) is 0 Å². The lowest BCUT2D eigenvalue weighted by atomic mass is 10.1. The first-order valence-corrected chi connectivity index (χ1v) is 10.3. The molecular formula is C24H23ClN2O4. The topological polar surface area (TPSA) is 72.7 Å². The fourth-order valence-corrected chi connectivity index (χ4v) is 3.38. The van der Waals surface area contributed by atoms with E-state index < -0.39 is 4.92 Å². The van der Waals surface area contributed by atoms with Gasteiger partial charge in [-0.15, -0.1) is 0 Å². The minimum Gasteiger partial charge on any atom is -0.457 e. The zero-order valence-corrected chi connectivity index (χ0v) is 18.1. The Morgan fingerprint density at radius 2 is 1.77 bits per heavy atom. The zero-order valence-electron chi connectivity index (χ0n) is 17.3. The van der Waals surface area contributed by atoms with E-state index in [1.807, 2.05) is 68.4 Å². The summed E-state index contributed by atoms with van der Waals surface area (Å²) in [6.45, 7) is 4.31. The first-order chi connectivity index (χ1) is 14.9. The number of rotatable bonds is 8. The van der Waals surface area contributed by atoms with Gasteiger partial charge in [-0.2, -0.15) is 0 Å². The van der Waals surface area contributed by atoms with E-state index >= 15 is 0 Å². The highest BCUT2D eigenvalue weighted by Crippen LogP contribution is 2.27. The number of hydrogen-bond donors (Lipinski definition) is 0. The molecule has 1 atom stereocenters. The summed E-state index contributed by atoms with van der Waals surface area (Å²) in [5.41, 5.74) is 0.992. The number of halogens is 1. The number of ether oxygens (including phenoxy) is 1. The van der Waals surface area contributed by atoms with Gasteiger partial charge in [-0.1, -0.05) is 48.9 Å². The molecule has 0 heterocycles. The number of nitro benzene ring substituents is 1. The van der Waals surface area contributed by atoms with E-state index in [0.29, 0.717) is 12.3 Å². The maximum Gasteiger partial charge on any atom is 0.270 e. The molecular weight excluding hydrogens is 416 g/mol. The van der Waals surface area contributed by atoms with Crippen molar-refractivity contribution in [2.24, 2.45) is 0 Å². The van der Waals surface area contributed by atoms with Crippen molar-refractivity contribution < 1.29 is 14.5 Å². The molecule has 3 rings (SSSR count). The van der Waals surface area contributed by atoms with Crippen LogP contribution in [0.15, 0.2) is 72.8 Å². The van der Waals surface area contributed by atoms with E-state index in [9.17, 15) is 14.9 Å². The third-order valence-electron chi connectivity index (χ3n) is 5.01. The van der Waals surface area contributed by atoms with Gasteiger partial charge in [0.1, 0.15) is 11.5 Å². The summed E-state index contributed by atoms with van der Waals surface area (Å²) in [6, 6.07) is 20.9. The molecule has 0 aliphatic heterocycles. The van der Waals surface area contributed by atoms with Crippen molar-refractivity contribution >= 4 is 23.2 Å². The Labute approximate surface area is 186 Å². The smallest absolute Gasteiger partial charge is 0.270 e. The van der Waals surface area contributed by atoms with E-state index in [4.69, 9.17) is 16.3 Å². The van der Waals surface area contributed by atoms with Crippen molar-refractivity contribution in [1.29, 1.82) is 0 Å². The lowest BCUT2D eigenvalue weighted by Gasteiger charge is -2.29. The highest BCUT2D eigenvalue weighted by atomic mass is 35.5. The Kier molecular flexibility index (Phi) is 7.26. The molecule has 0 spiro atoms. The monoisotopic (exact) mass is 438 g/mol. The number of amides is 1. The number of nitro groups is 1. The molecule has 3 aromatic rings. The van der Waals surface area contributed by atoms with E-state index in [1.54, 1.807) is 4.90 Å². The van der Waals surface area contributed by atoms with Crippen LogP contribution in [0.5, 0.6) is 11.5 Å². The van der Waals surface area contributed by atoms with Crippen molar-refractivity contribution in [3.63, 3.8) is 0 Å². The van der Waals surface area contributed by atoms with Gasteiger partial charge in [-0.3, -0.25) is 14.9 Å². The number of para-hydroxylation sites is 1. The molecule has 7 heteroatoms. The van der Waals surface area contributed by atoms with Crippen LogP contribution in [0.4, 0.5) is 5.69 Å². The lowest BCUT2D eigenvalue weighted by Crippen LogP contribution is -2.38. The highest BCUT2D eigenvalue weighted by Gasteiger charge is 2.24. The number of nitrogens with zero attached hydrogens (tertiary/aromatic N) is 2. The van der Waals surface area contributed by atoms with Crippen LogP contribution in [0, 0.1) is 10.1 Å². The Bertz CT molecular complexity index is 1070. The van der Waals surface area contributed by atoms with Crippen molar-refractivity contribution in [3.05, 3.63) is 99.1 Å². The molecule has 31 heavy (non-hydrogen) atoms. The molecule has 0 N–H and O–H groups in total. The van der Waals surface area contributed by atoms with Crippen molar-refractivity contribution in [2.45, 2.75) is 32.9 Å². The second kappa shape index (κ2) is 10.1. The number of benzene rings is 3. The second-order valence-corrected chi connectivity index (χ2v) is 7.58. The number of hydrogen-bond acceptors (Lipinski definition) is 4. The van der Waals surface area contributed by atoms with Gasteiger partial charge < -0.3 is 9.64 Å². The number of carbonyl (C=O) groups excluding carboxylic acids is 1. The van der Waals surface area contributed by atoms with E-state index in [-0.39, 0.29) is 28.2 Å². The molecule has 0 aromatic heterocycles. The van der Waals surface area contributed by atoms with Crippen molar-refractivity contribution in [1.82, 2.24) is 4.90 Å². The first-order valence-electron chi connectivity index (χ1n) is 9.95. The second-order valence-electron chi connectivity index (χ2n) is 7.17. The Morgan fingerprint density at radius 1 is 1.06 bits per heavy atom. The first kappa shape index (κ1) is 22.3. The van der Waals surface area contributed by atoms with Gasteiger partial charge in [0.25, 0.3) is 11.6 Å². The van der Waals surface area contributed by atoms with Crippen LogP contribution in [-0.4, -0.2) is 21.8 Å². The molecule has 0 saturated carbocycles. The van der Waals surface area contributed by atoms with E-state index in [2.05, 4.69) is 0 Å². The van der Waals surface area contributed by atoms with Crippen LogP contribution >= 0.6 is 11.6 Å². The van der Waals surface area contributed by atoms with Crippen LogP contribution < -0.4 is 4.74 Å². The molecule has 3 aromatic carbocycles. The minimum atomic E-state index is -0.537. The summed E-state index contributed by atoms with van der Waals surface area (Å²) in [6.07, 6.45) is 0.747. The summed E-state index contributed by atoms with van der Waals surface area (Å²) in [5.74, 6) is 1.13. The molecule has 160 valence electrons.